The Bertz CT molecular complexity index is 1400. The minimum absolute atomic E-state index is 0.0666. The van der Waals surface area contributed by atoms with E-state index in [1.54, 1.807) is 36.1 Å². The molecule has 0 N–H and O–H groups in total. The standard InChI is InChI=1S/C31H27ClN2O3/c1-21-20-30(34(22(2)35)25-16-14-24(32)15-17-25)28-10-6-7-11-29(28)33(21)31(36)23-12-18-27(19-13-23)37-26-8-4-3-5-9-26/h3-19,21,30H,20H2,1-2H3/t21-,30?/m1/s1. The number of rotatable bonds is 5. The number of amides is 2. The van der Waals surface area contributed by atoms with E-state index in [1.807, 2.05) is 90.7 Å². The van der Waals surface area contributed by atoms with E-state index >= 15 is 0 Å². The number of fused-ring (bicyclic) bond motifs is 1. The van der Waals surface area contributed by atoms with E-state index in [-0.39, 0.29) is 23.9 Å². The number of benzene rings is 4. The lowest BCUT2D eigenvalue weighted by atomic mass is 9.89. The predicted molar refractivity (Wildman–Crippen MR) is 148 cm³/mol. The molecular formula is C31H27ClN2O3. The monoisotopic (exact) mass is 510 g/mol. The van der Waals surface area contributed by atoms with Gasteiger partial charge in [0.2, 0.25) is 5.91 Å². The van der Waals surface area contributed by atoms with Crippen molar-refractivity contribution in [2.24, 2.45) is 0 Å². The van der Waals surface area contributed by atoms with Gasteiger partial charge in [-0.3, -0.25) is 9.59 Å². The second-order valence-electron chi connectivity index (χ2n) is 9.14. The summed E-state index contributed by atoms with van der Waals surface area (Å²) < 4.78 is 5.88. The topological polar surface area (TPSA) is 49.9 Å². The van der Waals surface area contributed by atoms with Gasteiger partial charge in [-0.2, -0.15) is 0 Å². The minimum Gasteiger partial charge on any atom is -0.457 e. The fourth-order valence-corrected chi connectivity index (χ4v) is 5.07. The first-order chi connectivity index (χ1) is 17.9. The van der Waals surface area contributed by atoms with Crippen LogP contribution in [0.25, 0.3) is 0 Å². The summed E-state index contributed by atoms with van der Waals surface area (Å²) in [6.07, 6.45) is 0.597. The lowest BCUT2D eigenvalue weighted by Gasteiger charge is -2.43. The zero-order valence-electron chi connectivity index (χ0n) is 20.7. The average molecular weight is 511 g/mol. The molecule has 5 nitrogen and oxygen atoms in total. The molecule has 1 heterocycles. The third kappa shape index (κ3) is 5.09. The summed E-state index contributed by atoms with van der Waals surface area (Å²) in [5, 5.41) is 0.613. The Labute approximate surface area is 221 Å². The van der Waals surface area contributed by atoms with Crippen molar-refractivity contribution in [1.82, 2.24) is 0 Å². The summed E-state index contributed by atoms with van der Waals surface area (Å²) >= 11 is 6.09. The molecule has 0 saturated carbocycles. The SMILES string of the molecule is CC(=O)N(c1ccc(Cl)cc1)C1C[C@@H](C)N(C(=O)c2ccc(Oc3ccccc3)cc2)c2ccccc21. The second kappa shape index (κ2) is 10.5. The van der Waals surface area contributed by atoms with Gasteiger partial charge in [-0.05, 0) is 85.6 Å². The van der Waals surface area contributed by atoms with Crippen molar-refractivity contribution in [1.29, 1.82) is 0 Å². The highest BCUT2D eigenvalue weighted by Gasteiger charge is 2.38. The smallest absolute Gasteiger partial charge is 0.258 e. The van der Waals surface area contributed by atoms with Crippen LogP contribution in [0.4, 0.5) is 11.4 Å². The zero-order valence-corrected chi connectivity index (χ0v) is 21.4. The number of para-hydroxylation sites is 2. The van der Waals surface area contributed by atoms with Crippen LogP contribution in [-0.4, -0.2) is 17.9 Å². The number of anilines is 2. The van der Waals surface area contributed by atoms with Gasteiger partial charge in [0.15, 0.2) is 0 Å². The lowest BCUT2D eigenvalue weighted by Crippen LogP contribution is -2.47. The Balaban J connectivity index is 1.45. The maximum absolute atomic E-state index is 13.8. The van der Waals surface area contributed by atoms with Crippen molar-refractivity contribution in [2.75, 3.05) is 9.80 Å². The molecule has 6 heteroatoms. The van der Waals surface area contributed by atoms with E-state index in [4.69, 9.17) is 16.3 Å². The lowest BCUT2D eigenvalue weighted by molar-refractivity contribution is -0.117. The second-order valence-corrected chi connectivity index (χ2v) is 9.58. The molecule has 4 aromatic carbocycles. The highest BCUT2D eigenvalue weighted by Crippen LogP contribution is 2.43. The summed E-state index contributed by atoms with van der Waals surface area (Å²) in [6.45, 7) is 3.59. The summed E-state index contributed by atoms with van der Waals surface area (Å²) in [7, 11) is 0. The molecular weight excluding hydrogens is 484 g/mol. The molecule has 0 aliphatic carbocycles. The first-order valence-corrected chi connectivity index (χ1v) is 12.6. The van der Waals surface area contributed by atoms with Crippen LogP contribution in [0, 0.1) is 0 Å². The van der Waals surface area contributed by atoms with Crippen molar-refractivity contribution < 1.29 is 14.3 Å². The molecule has 0 aromatic heterocycles. The number of halogens is 1. The first kappa shape index (κ1) is 24.6. The van der Waals surface area contributed by atoms with E-state index in [0.717, 1.165) is 22.7 Å². The van der Waals surface area contributed by atoms with Crippen molar-refractivity contribution in [3.05, 3.63) is 119 Å². The Morgan fingerprint density at radius 1 is 0.838 bits per heavy atom. The molecule has 186 valence electrons. The molecule has 5 rings (SSSR count). The number of hydrogen-bond acceptors (Lipinski definition) is 3. The highest BCUT2D eigenvalue weighted by atomic mass is 35.5. The molecule has 1 aliphatic rings. The number of nitrogens with zero attached hydrogens (tertiary/aromatic N) is 2. The van der Waals surface area contributed by atoms with Gasteiger partial charge in [-0.25, -0.2) is 0 Å². The van der Waals surface area contributed by atoms with Crippen LogP contribution in [-0.2, 0) is 4.79 Å². The maximum atomic E-state index is 13.8. The molecule has 2 amide bonds. The van der Waals surface area contributed by atoms with E-state index < -0.39 is 0 Å². The van der Waals surface area contributed by atoms with E-state index in [0.29, 0.717) is 22.8 Å². The molecule has 0 spiro atoms. The van der Waals surface area contributed by atoms with Crippen LogP contribution in [0.2, 0.25) is 5.02 Å². The average Bonchev–Trinajstić information content (AvgIpc) is 2.90. The summed E-state index contributed by atoms with van der Waals surface area (Å²) in [6, 6.07) is 31.5. The molecule has 0 bridgehead atoms. The van der Waals surface area contributed by atoms with Crippen molar-refractivity contribution in [3.8, 4) is 11.5 Å². The molecule has 1 aliphatic heterocycles. The number of ether oxygens (including phenoxy) is 1. The minimum atomic E-state index is -0.212. The third-order valence-corrected chi connectivity index (χ3v) is 6.87. The molecule has 1 unspecified atom stereocenters. The van der Waals surface area contributed by atoms with Crippen molar-refractivity contribution in [3.63, 3.8) is 0 Å². The van der Waals surface area contributed by atoms with Crippen LogP contribution in [0.5, 0.6) is 11.5 Å². The fraction of sp³-hybridized carbons (Fsp3) is 0.161. The largest absolute Gasteiger partial charge is 0.457 e. The van der Waals surface area contributed by atoms with Gasteiger partial charge in [0.25, 0.3) is 5.91 Å². The normalized spacial score (nSPS) is 16.6. The van der Waals surface area contributed by atoms with Gasteiger partial charge in [0, 0.05) is 34.9 Å². The summed E-state index contributed by atoms with van der Waals surface area (Å²) in [5.74, 6) is 1.24. The fourth-order valence-electron chi connectivity index (χ4n) is 4.95. The first-order valence-electron chi connectivity index (χ1n) is 12.2. The number of carbonyl (C=O) groups excluding carboxylic acids is 2. The van der Waals surface area contributed by atoms with Gasteiger partial charge in [0.05, 0.1) is 6.04 Å². The van der Waals surface area contributed by atoms with Crippen molar-refractivity contribution >= 4 is 34.8 Å². The summed E-state index contributed by atoms with van der Waals surface area (Å²) in [5.41, 5.74) is 3.09. The van der Waals surface area contributed by atoms with E-state index in [1.165, 1.54) is 0 Å². The number of carbonyl (C=O) groups is 2. The van der Waals surface area contributed by atoms with Gasteiger partial charge in [-0.1, -0.05) is 48.0 Å². The molecule has 0 radical (unpaired) electrons. The van der Waals surface area contributed by atoms with E-state index in [2.05, 4.69) is 0 Å². The van der Waals surface area contributed by atoms with Crippen LogP contribution in [0.3, 0.4) is 0 Å². The quantitative estimate of drug-likeness (QED) is 0.277. The third-order valence-electron chi connectivity index (χ3n) is 6.62. The zero-order chi connectivity index (χ0) is 25.9. The molecule has 4 aromatic rings. The molecule has 0 saturated heterocycles. The molecule has 37 heavy (non-hydrogen) atoms. The Morgan fingerprint density at radius 3 is 2.14 bits per heavy atom. The van der Waals surface area contributed by atoms with Gasteiger partial charge >= 0.3 is 0 Å². The van der Waals surface area contributed by atoms with Crippen LogP contribution in [0.1, 0.15) is 42.2 Å². The summed E-state index contributed by atoms with van der Waals surface area (Å²) in [4.78, 5) is 30.2. The van der Waals surface area contributed by atoms with Crippen LogP contribution < -0.4 is 14.5 Å². The van der Waals surface area contributed by atoms with Gasteiger partial charge < -0.3 is 14.5 Å². The van der Waals surface area contributed by atoms with Crippen LogP contribution >= 0.6 is 11.6 Å². The van der Waals surface area contributed by atoms with E-state index in [9.17, 15) is 9.59 Å². The Morgan fingerprint density at radius 2 is 1.46 bits per heavy atom. The molecule has 2 atom stereocenters. The van der Waals surface area contributed by atoms with Crippen LogP contribution in [0.15, 0.2) is 103 Å². The highest BCUT2D eigenvalue weighted by molar-refractivity contribution is 6.30. The molecule has 0 fully saturated rings. The Hall–Kier alpha value is -4.09. The van der Waals surface area contributed by atoms with Crippen molar-refractivity contribution in [2.45, 2.75) is 32.4 Å². The van der Waals surface area contributed by atoms with Gasteiger partial charge in [-0.15, -0.1) is 0 Å². The predicted octanol–water partition coefficient (Wildman–Crippen LogP) is 7.67. The van der Waals surface area contributed by atoms with Gasteiger partial charge in [0.1, 0.15) is 11.5 Å². The maximum Gasteiger partial charge on any atom is 0.258 e. The number of hydrogen-bond donors (Lipinski definition) is 0. The Kier molecular flexibility index (Phi) is 6.97.